The molecule has 22 heavy (non-hydrogen) atoms. The molecule has 7 nitrogen and oxygen atoms in total. The van der Waals surface area contributed by atoms with Gasteiger partial charge < -0.3 is 10.6 Å². The lowest BCUT2D eigenvalue weighted by Crippen LogP contribution is -2.42. The Morgan fingerprint density at radius 2 is 2.41 bits per heavy atom. The van der Waals surface area contributed by atoms with E-state index in [0.29, 0.717) is 19.4 Å². The Kier molecular flexibility index (Phi) is 3.94. The van der Waals surface area contributed by atoms with Crippen molar-refractivity contribution < 1.29 is 4.79 Å². The van der Waals surface area contributed by atoms with Crippen LogP contribution >= 0.6 is 0 Å². The smallest absolute Gasteiger partial charge is 0.241 e. The first-order valence-corrected chi connectivity index (χ1v) is 7.55. The molecule has 0 spiro atoms. The van der Waals surface area contributed by atoms with E-state index in [-0.39, 0.29) is 17.6 Å². The normalized spacial score (nSPS) is 21.0. The van der Waals surface area contributed by atoms with Gasteiger partial charge in [0, 0.05) is 57.6 Å². The molecule has 2 N–H and O–H groups in total. The summed E-state index contributed by atoms with van der Waals surface area (Å²) in [7, 11) is 1.87. The molecule has 0 aromatic carbocycles. The third-order valence-corrected chi connectivity index (χ3v) is 4.10. The topological polar surface area (TPSA) is 83.7 Å². The maximum absolute atomic E-state index is 12.4. The second kappa shape index (κ2) is 5.89. The lowest BCUT2D eigenvalue weighted by molar-refractivity contribution is -0.123. The Labute approximate surface area is 129 Å². The fourth-order valence-electron chi connectivity index (χ4n) is 2.82. The Bertz CT molecular complexity index is 635. The van der Waals surface area contributed by atoms with Gasteiger partial charge >= 0.3 is 0 Å². The predicted molar refractivity (Wildman–Crippen MR) is 80.9 cm³/mol. The molecule has 0 bridgehead atoms. The van der Waals surface area contributed by atoms with Crippen LogP contribution in [0.2, 0.25) is 0 Å². The molecule has 116 valence electrons. The maximum Gasteiger partial charge on any atom is 0.241 e. The number of nitrogens with zero attached hydrogens (tertiary/aromatic N) is 4. The highest BCUT2D eigenvalue weighted by Gasteiger charge is 2.39. The quantitative estimate of drug-likeness (QED) is 0.758. The zero-order chi connectivity index (χ0) is 15.6. The minimum absolute atomic E-state index is 0.0262. The van der Waals surface area contributed by atoms with Gasteiger partial charge in [0.15, 0.2) is 5.66 Å². The fourth-order valence-corrected chi connectivity index (χ4v) is 2.82. The number of terminal acetylenes is 1. The van der Waals surface area contributed by atoms with Gasteiger partial charge in [-0.2, -0.15) is 15.3 Å². The van der Waals surface area contributed by atoms with E-state index in [1.165, 1.54) is 0 Å². The molecule has 0 saturated heterocycles. The van der Waals surface area contributed by atoms with Gasteiger partial charge in [0.25, 0.3) is 0 Å². The summed E-state index contributed by atoms with van der Waals surface area (Å²) in [6.45, 7) is 1.31. The molecule has 0 fully saturated rings. The average molecular weight is 300 g/mol. The second-order valence-corrected chi connectivity index (χ2v) is 5.77. The summed E-state index contributed by atoms with van der Waals surface area (Å²) >= 11 is 0. The van der Waals surface area contributed by atoms with E-state index < -0.39 is 0 Å². The molecule has 2 aliphatic heterocycles. The van der Waals surface area contributed by atoms with E-state index in [1.807, 2.05) is 13.2 Å². The van der Waals surface area contributed by atoms with Crippen molar-refractivity contribution in [1.82, 2.24) is 20.4 Å². The number of carbonyl (C=O) groups excluding carboxylic acids is 1. The molecule has 7 heteroatoms. The highest BCUT2D eigenvalue weighted by molar-refractivity contribution is 5.83. The lowest BCUT2D eigenvalue weighted by Gasteiger charge is -2.22. The summed E-state index contributed by atoms with van der Waals surface area (Å²) in [5, 5.41) is 18.7. The van der Waals surface area contributed by atoms with Gasteiger partial charge in [-0.15, -0.1) is 12.3 Å². The van der Waals surface area contributed by atoms with Crippen molar-refractivity contribution in [3.63, 3.8) is 0 Å². The third kappa shape index (κ3) is 3.02. The number of fused-ring (bicyclic) bond motifs is 1. The second-order valence-electron chi connectivity index (χ2n) is 5.77. The molecule has 1 atom stereocenters. The van der Waals surface area contributed by atoms with Gasteiger partial charge in [-0.3, -0.25) is 9.48 Å². The SMILES string of the molecule is C#CCCC1(CCNC(=O)C2NCCc3nn(C)cc32)N=N1. The molecule has 0 aliphatic carbocycles. The standard InChI is InChI=1S/C15H20N6O/c1-3-4-6-15(19-20-15)7-9-17-14(22)13-11-10-21(2)18-12(11)5-8-16-13/h1,10,13,16H,4-9H2,2H3,(H,17,22). The summed E-state index contributed by atoms with van der Waals surface area (Å²) in [6, 6.07) is -0.327. The molecule has 2 aliphatic rings. The van der Waals surface area contributed by atoms with Gasteiger partial charge in [-0.25, -0.2) is 0 Å². The van der Waals surface area contributed by atoms with Crippen LogP contribution in [0.4, 0.5) is 0 Å². The number of carbonyl (C=O) groups is 1. The number of hydrogen-bond donors (Lipinski definition) is 2. The molecule has 1 amide bonds. The number of rotatable bonds is 6. The van der Waals surface area contributed by atoms with Crippen LogP contribution in [0.25, 0.3) is 0 Å². The van der Waals surface area contributed by atoms with E-state index in [2.05, 4.69) is 31.9 Å². The third-order valence-electron chi connectivity index (χ3n) is 4.10. The summed E-state index contributed by atoms with van der Waals surface area (Å²) in [6.07, 6.45) is 10.1. The van der Waals surface area contributed by atoms with E-state index in [1.54, 1.807) is 4.68 Å². The first-order chi connectivity index (χ1) is 10.6. The Balaban J connectivity index is 1.52. The lowest BCUT2D eigenvalue weighted by atomic mass is 10.0. The molecule has 0 saturated carbocycles. The summed E-state index contributed by atoms with van der Waals surface area (Å²) in [5.41, 5.74) is 1.62. The fraction of sp³-hybridized carbons (Fsp3) is 0.600. The summed E-state index contributed by atoms with van der Waals surface area (Å²) < 4.78 is 1.76. The highest BCUT2D eigenvalue weighted by atomic mass is 16.2. The van der Waals surface area contributed by atoms with Crippen LogP contribution in [-0.4, -0.2) is 34.4 Å². The molecular formula is C15H20N6O. The number of aryl methyl sites for hydroxylation is 1. The minimum atomic E-state index is -0.348. The van der Waals surface area contributed by atoms with Crippen LogP contribution in [0.5, 0.6) is 0 Å². The largest absolute Gasteiger partial charge is 0.354 e. The van der Waals surface area contributed by atoms with Crippen LogP contribution in [0.1, 0.15) is 36.6 Å². The van der Waals surface area contributed by atoms with Crippen LogP contribution in [0.3, 0.4) is 0 Å². The Morgan fingerprint density at radius 3 is 3.14 bits per heavy atom. The zero-order valence-electron chi connectivity index (χ0n) is 12.7. The number of hydrogen-bond acceptors (Lipinski definition) is 5. The van der Waals surface area contributed by atoms with Crippen LogP contribution < -0.4 is 10.6 Å². The molecule has 1 aromatic rings. The number of nitrogens with one attached hydrogen (secondary N) is 2. The van der Waals surface area contributed by atoms with E-state index >= 15 is 0 Å². The molecule has 3 rings (SSSR count). The van der Waals surface area contributed by atoms with Gasteiger partial charge in [-0.1, -0.05) is 0 Å². The van der Waals surface area contributed by atoms with E-state index in [0.717, 1.165) is 30.6 Å². The Morgan fingerprint density at radius 1 is 1.59 bits per heavy atom. The van der Waals surface area contributed by atoms with Crippen molar-refractivity contribution in [2.24, 2.45) is 17.3 Å². The molecular weight excluding hydrogens is 280 g/mol. The van der Waals surface area contributed by atoms with Crippen molar-refractivity contribution in [2.45, 2.75) is 37.4 Å². The zero-order valence-corrected chi connectivity index (χ0v) is 12.7. The first-order valence-electron chi connectivity index (χ1n) is 7.55. The van der Waals surface area contributed by atoms with Crippen molar-refractivity contribution in [1.29, 1.82) is 0 Å². The van der Waals surface area contributed by atoms with Gasteiger partial charge in [-0.05, 0) is 0 Å². The Hall–Kier alpha value is -2.20. The number of aromatic nitrogens is 2. The van der Waals surface area contributed by atoms with E-state index in [4.69, 9.17) is 6.42 Å². The predicted octanol–water partition coefficient (Wildman–Crippen LogP) is 0.689. The van der Waals surface area contributed by atoms with Crippen molar-refractivity contribution in [2.75, 3.05) is 13.1 Å². The minimum Gasteiger partial charge on any atom is -0.354 e. The van der Waals surface area contributed by atoms with Crippen LogP contribution in [0, 0.1) is 12.3 Å². The molecule has 0 radical (unpaired) electrons. The van der Waals surface area contributed by atoms with Gasteiger partial charge in [0.2, 0.25) is 5.91 Å². The maximum atomic E-state index is 12.4. The van der Waals surface area contributed by atoms with Crippen molar-refractivity contribution in [3.8, 4) is 12.3 Å². The number of amides is 1. The highest BCUT2D eigenvalue weighted by Crippen LogP contribution is 2.36. The van der Waals surface area contributed by atoms with Crippen molar-refractivity contribution >= 4 is 5.91 Å². The van der Waals surface area contributed by atoms with Crippen LogP contribution in [-0.2, 0) is 18.3 Å². The summed E-state index contributed by atoms with van der Waals surface area (Å²) in [4.78, 5) is 12.4. The molecule has 1 aromatic heterocycles. The first kappa shape index (κ1) is 14.7. The summed E-state index contributed by atoms with van der Waals surface area (Å²) in [5.74, 6) is 2.58. The van der Waals surface area contributed by atoms with Crippen molar-refractivity contribution in [3.05, 3.63) is 17.5 Å². The molecule has 1 unspecified atom stereocenters. The van der Waals surface area contributed by atoms with Gasteiger partial charge in [0.05, 0.1) is 5.69 Å². The van der Waals surface area contributed by atoms with Gasteiger partial charge in [0.1, 0.15) is 6.04 Å². The van der Waals surface area contributed by atoms with E-state index in [9.17, 15) is 4.79 Å². The average Bonchev–Trinajstić information content (AvgIpc) is 3.16. The molecule has 3 heterocycles. The monoisotopic (exact) mass is 300 g/mol. The van der Waals surface area contributed by atoms with Crippen LogP contribution in [0.15, 0.2) is 16.4 Å².